The van der Waals surface area contributed by atoms with Crippen LogP contribution in [0.3, 0.4) is 0 Å². The van der Waals surface area contributed by atoms with Gasteiger partial charge in [0, 0.05) is 31.4 Å². The van der Waals surface area contributed by atoms with Crippen molar-refractivity contribution in [1.29, 1.82) is 0 Å². The standard InChI is InChI=1S/C14H21N3O2/c1-10(2)15-9-13(18)16-12-7-5-11(6-8-12)14(19)17(3)4/h5-8,10,15H,9H2,1-4H3,(H,16,18). The van der Waals surface area contributed by atoms with E-state index < -0.39 is 0 Å². The van der Waals surface area contributed by atoms with Crippen LogP contribution in [0.2, 0.25) is 0 Å². The molecule has 1 rings (SSSR count). The zero-order valence-electron chi connectivity index (χ0n) is 11.9. The lowest BCUT2D eigenvalue weighted by molar-refractivity contribution is -0.115. The summed E-state index contributed by atoms with van der Waals surface area (Å²) in [6.07, 6.45) is 0. The molecule has 0 saturated heterocycles. The molecule has 0 unspecified atom stereocenters. The first kappa shape index (κ1) is 15.2. The molecular formula is C14H21N3O2. The van der Waals surface area contributed by atoms with Crippen LogP contribution in [0.5, 0.6) is 0 Å². The Morgan fingerprint density at radius 1 is 1.16 bits per heavy atom. The van der Waals surface area contributed by atoms with Crippen LogP contribution in [0.1, 0.15) is 24.2 Å². The highest BCUT2D eigenvalue weighted by Gasteiger charge is 2.08. The Labute approximate surface area is 114 Å². The molecule has 0 radical (unpaired) electrons. The Bertz CT molecular complexity index is 439. The minimum Gasteiger partial charge on any atom is -0.345 e. The average Bonchev–Trinajstić information content (AvgIpc) is 2.36. The molecule has 19 heavy (non-hydrogen) atoms. The van der Waals surface area contributed by atoms with E-state index in [0.29, 0.717) is 11.3 Å². The first-order valence-electron chi connectivity index (χ1n) is 6.25. The van der Waals surface area contributed by atoms with Gasteiger partial charge in [-0.1, -0.05) is 13.8 Å². The van der Waals surface area contributed by atoms with Gasteiger partial charge in [-0.25, -0.2) is 0 Å². The van der Waals surface area contributed by atoms with Gasteiger partial charge in [0.2, 0.25) is 5.91 Å². The Morgan fingerprint density at radius 3 is 2.21 bits per heavy atom. The van der Waals surface area contributed by atoms with E-state index in [1.54, 1.807) is 38.4 Å². The van der Waals surface area contributed by atoms with Crippen molar-refractivity contribution in [3.63, 3.8) is 0 Å². The second-order valence-electron chi connectivity index (χ2n) is 4.86. The number of nitrogens with zero attached hydrogens (tertiary/aromatic N) is 1. The van der Waals surface area contributed by atoms with Crippen molar-refractivity contribution >= 4 is 17.5 Å². The summed E-state index contributed by atoms with van der Waals surface area (Å²) in [4.78, 5) is 24.8. The maximum absolute atomic E-state index is 11.7. The third-order valence-corrected chi connectivity index (χ3v) is 2.49. The summed E-state index contributed by atoms with van der Waals surface area (Å²) in [5.74, 6) is -0.153. The Kier molecular flexibility index (Phi) is 5.51. The molecule has 0 aliphatic carbocycles. The van der Waals surface area contributed by atoms with Crippen LogP contribution in [0, 0.1) is 0 Å². The molecule has 0 saturated carbocycles. The first-order valence-corrected chi connectivity index (χ1v) is 6.25. The smallest absolute Gasteiger partial charge is 0.253 e. The van der Waals surface area contributed by atoms with Crippen molar-refractivity contribution in [2.24, 2.45) is 0 Å². The number of hydrogen-bond acceptors (Lipinski definition) is 3. The van der Waals surface area contributed by atoms with E-state index in [0.717, 1.165) is 0 Å². The average molecular weight is 263 g/mol. The lowest BCUT2D eigenvalue weighted by Crippen LogP contribution is -2.32. The fourth-order valence-corrected chi connectivity index (χ4v) is 1.46. The largest absolute Gasteiger partial charge is 0.345 e. The molecule has 0 aliphatic rings. The van der Waals surface area contributed by atoms with Crippen molar-refractivity contribution in [2.75, 3.05) is 26.0 Å². The number of carbonyl (C=O) groups is 2. The van der Waals surface area contributed by atoms with Crippen molar-refractivity contribution in [3.8, 4) is 0 Å². The third kappa shape index (κ3) is 5.09. The molecule has 5 nitrogen and oxygen atoms in total. The van der Waals surface area contributed by atoms with Gasteiger partial charge in [0.1, 0.15) is 0 Å². The summed E-state index contributed by atoms with van der Waals surface area (Å²) in [7, 11) is 3.41. The second kappa shape index (κ2) is 6.89. The molecule has 1 aromatic carbocycles. The van der Waals surface area contributed by atoms with E-state index in [2.05, 4.69) is 10.6 Å². The van der Waals surface area contributed by atoms with E-state index in [-0.39, 0.29) is 24.4 Å². The molecule has 0 aliphatic heterocycles. The van der Waals surface area contributed by atoms with Gasteiger partial charge in [0.05, 0.1) is 6.54 Å². The van der Waals surface area contributed by atoms with Crippen LogP contribution in [0.4, 0.5) is 5.69 Å². The van der Waals surface area contributed by atoms with Gasteiger partial charge in [0.25, 0.3) is 5.91 Å². The molecule has 0 aromatic heterocycles. The number of anilines is 1. The van der Waals surface area contributed by atoms with E-state index in [1.807, 2.05) is 13.8 Å². The van der Waals surface area contributed by atoms with E-state index in [4.69, 9.17) is 0 Å². The van der Waals surface area contributed by atoms with Crippen LogP contribution in [-0.2, 0) is 4.79 Å². The summed E-state index contributed by atoms with van der Waals surface area (Å²) in [6, 6.07) is 7.13. The highest BCUT2D eigenvalue weighted by molar-refractivity contribution is 5.95. The predicted molar refractivity (Wildman–Crippen MR) is 76.2 cm³/mol. The molecule has 104 valence electrons. The van der Waals surface area contributed by atoms with Crippen molar-refractivity contribution in [1.82, 2.24) is 10.2 Å². The normalized spacial score (nSPS) is 10.4. The monoisotopic (exact) mass is 263 g/mol. The van der Waals surface area contributed by atoms with Crippen LogP contribution < -0.4 is 10.6 Å². The highest BCUT2D eigenvalue weighted by atomic mass is 16.2. The number of hydrogen-bond donors (Lipinski definition) is 2. The lowest BCUT2D eigenvalue weighted by atomic mass is 10.2. The van der Waals surface area contributed by atoms with Gasteiger partial charge >= 0.3 is 0 Å². The highest BCUT2D eigenvalue weighted by Crippen LogP contribution is 2.10. The lowest BCUT2D eigenvalue weighted by Gasteiger charge is -2.11. The van der Waals surface area contributed by atoms with Gasteiger partial charge < -0.3 is 15.5 Å². The summed E-state index contributed by atoms with van der Waals surface area (Å²) in [6.45, 7) is 4.24. The van der Waals surface area contributed by atoms with Crippen molar-refractivity contribution in [2.45, 2.75) is 19.9 Å². The number of benzene rings is 1. The number of nitrogens with one attached hydrogen (secondary N) is 2. The Morgan fingerprint density at radius 2 is 1.74 bits per heavy atom. The molecule has 1 aromatic rings. The molecule has 0 spiro atoms. The topological polar surface area (TPSA) is 61.4 Å². The number of rotatable bonds is 5. The quantitative estimate of drug-likeness (QED) is 0.842. The van der Waals surface area contributed by atoms with Gasteiger partial charge in [-0.05, 0) is 24.3 Å². The minimum atomic E-state index is -0.0969. The van der Waals surface area contributed by atoms with Gasteiger partial charge in [-0.3, -0.25) is 9.59 Å². The summed E-state index contributed by atoms with van der Waals surface area (Å²) in [5, 5.41) is 5.80. The molecule has 0 atom stereocenters. The van der Waals surface area contributed by atoms with E-state index >= 15 is 0 Å². The first-order chi connectivity index (χ1) is 8.90. The number of amides is 2. The van der Waals surface area contributed by atoms with Gasteiger partial charge in [0.15, 0.2) is 0 Å². The molecule has 0 heterocycles. The van der Waals surface area contributed by atoms with Crippen molar-refractivity contribution < 1.29 is 9.59 Å². The van der Waals surface area contributed by atoms with Crippen molar-refractivity contribution in [3.05, 3.63) is 29.8 Å². The van der Waals surface area contributed by atoms with Crippen LogP contribution in [0.15, 0.2) is 24.3 Å². The summed E-state index contributed by atoms with van der Waals surface area (Å²) < 4.78 is 0. The van der Waals surface area contributed by atoms with E-state index in [9.17, 15) is 9.59 Å². The molecule has 5 heteroatoms. The van der Waals surface area contributed by atoms with E-state index in [1.165, 1.54) is 4.90 Å². The molecule has 0 bridgehead atoms. The SMILES string of the molecule is CC(C)NCC(=O)Nc1ccc(C(=O)N(C)C)cc1. The van der Waals surface area contributed by atoms with Gasteiger partial charge in [-0.2, -0.15) is 0 Å². The van der Waals surface area contributed by atoms with Crippen LogP contribution in [0.25, 0.3) is 0 Å². The molecule has 2 amide bonds. The fourth-order valence-electron chi connectivity index (χ4n) is 1.46. The maximum Gasteiger partial charge on any atom is 0.253 e. The zero-order valence-corrected chi connectivity index (χ0v) is 11.9. The van der Waals surface area contributed by atoms with Crippen LogP contribution >= 0.6 is 0 Å². The molecule has 0 fully saturated rings. The third-order valence-electron chi connectivity index (χ3n) is 2.49. The Balaban J connectivity index is 2.57. The summed E-state index contributed by atoms with van der Waals surface area (Å²) in [5.41, 5.74) is 1.29. The van der Waals surface area contributed by atoms with Gasteiger partial charge in [-0.15, -0.1) is 0 Å². The molecular weight excluding hydrogens is 242 g/mol. The summed E-state index contributed by atoms with van der Waals surface area (Å²) >= 11 is 0. The fraction of sp³-hybridized carbons (Fsp3) is 0.429. The predicted octanol–water partition coefficient (Wildman–Crippen LogP) is 1.32. The second-order valence-corrected chi connectivity index (χ2v) is 4.86. The molecule has 2 N–H and O–H groups in total. The van der Waals surface area contributed by atoms with Crippen LogP contribution in [-0.4, -0.2) is 43.4 Å². The minimum absolute atomic E-state index is 0.0562. The zero-order chi connectivity index (χ0) is 14.4. The number of carbonyl (C=O) groups excluding carboxylic acids is 2. The Hall–Kier alpha value is -1.88. The maximum atomic E-state index is 11.7.